The zero-order valence-corrected chi connectivity index (χ0v) is 40.3. The molecule has 0 aliphatic rings. The number of aromatic hydroxyl groups is 1. The van der Waals surface area contributed by atoms with Crippen molar-refractivity contribution in [2.24, 2.45) is 0 Å². The number of para-hydroxylation sites is 1. The summed E-state index contributed by atoms with van der Waals surface area (Å²) >= 11 is 0. The first kappa shape index (κ1) is 29.1. The highest BCUT2D eigenvalue weighted by molar-refractivity contribution is 5.98. The quantitative estimate of drug-likeness (QED) is 0.173. The van der Waals surface area contributed by atoms with Crippen molar-refractivity contribution in [2.75, 3.05) is 0 Å². The lowest BCUT2D eigenvalue weighted by atomic mass is 9.79. The number of hydrogen-bond acceptors (Lipinski definition) is 3. The molecule has 0 fully saturated rings. The summed E-state index contributed by atoms with van der Waals surface area (Å²) in [5.74, 6) is 0.299. The van der Waals surface area contributed by atoms with Crippen molar-refractivity contribution in [3.8, 4) is 78.6 Å². The van der Waals surface area contributed by atoms with Crippen LogP contribution in [0.3, 0.4) is 0 Å². The molecule has 7 aromatic carbocycles. The summed E-state index contributed by atoms with van der Waals surface area (Å²) < 4.78 is 167. The third kappa shape index (κ3) is 9.42. The molecule has 0 saturated heterocycles. The number of aryl methyl sites for hydroxylation is 1. The lowest BCUT2D eigenvalue weighted by Gasteiger charge is -2.27. The summed E-state index contributed by atoms with van der Waals surface area (Å²) in [7, 11) is 0. The van der Waals surface area contributed by atoms with Crippen LogP contribution in [-0.2, 0) is 21.7 Å². The maximum atomic E-state index is 12.7. The van der Waals surface area contributed by atoms with Crippen molar-refractivity contribution < 1.29 is 31.2 Å². The van der Waals surface area contributed by atoms with Gasteiger partial charge in [0.15, 0.2) is 0 Å². The van der Waals surface area contributed by atoms with Gasteiger partial charge in [-0.25, -0.2) is 4.98 Å². The topological polar surface area (TPSA) is 50.9 Å². The van der Waals surface area contributed by atoms with Gasteiger partial charge < -0.3 is 5.11 Å². The molecule has 348 valence electrons. The first-order valence-electron chi connectivity index (χ1n) is 32.4. The fraction of sp³-hybridized carbons (Fsp3) is 0.262. The normalized spacial score (nSPS) is 17.2. The van der Waals surface area contributed by atoms with Gasteiger partial charge in [-0.1, -0.05) is 191 Å². The average molecular weight is 925 g/mol. The van der Waals surface area contributed by atoms with Crippen LogP contribution in [0.2, 0.25) is 0 Å². The maximum Gasteiger partial charge on any atom is 0.149 e. The van der Waals surface area contributed by atoms with Crippen LogP contribution in [0.15, 0.2) is 164 Å². The number of aromatic nitrogens is 3. The van der Waals surface area contributed by atoms with Gasteiger partial charge in [0.25, 0.3) is 0 Å². The molecule has 0 aliphatic carbocycles. The Kier molecular flexibility index (Phi) is 7.37. The van der Waals surface area contributed by atoms with Crippen LogP contribution in [0.4, 0.5) is 0 Å². The van der Waals surface area contributed by atoms with Crippen LogP contribution in [0, 0.1) is 6.85 Å². The number of benzene rings is 7. The Hall–Kier alpha value is -7.04. The Labute approximate surface area is 437 Å². The summed E-state index contributed by atoms with van der Waals surface area (Å²) in [6, 6.07) is 30.3. The van der Waals surface area contributed by atoms with Crippen molar-refractivity contribution in [3.05, 3.63) is 192 Å². The number of imidazole rings is 1. The third-order valence-electron chi connectivity index (χ3n) is 12.5. The second kappa shape index (κ2) is 17.5. The van der Waals surface area contributed by atoms with E-state index in [0.29, 0.717) is 67.1 Å². The number of hydrogen-bond donors (Lipinski definition) is 1. The Morgan fingerprint density at radius 1 is 0.507 bits per heavy atom. The first-order chi connectivity index (χ1) is 40.4. The second-order valence-electron chi connectivity index (χ2n) is 20.8. The number of pyridine rings is 1. The van der Waals surface area contributed by atoms with Crippen LogP contribution in [0.1, 0.15) is 137 Å². The van der Waals surface area contributed by atoms with E-state index in [1.54, 1.807) is 30.3 Å². The van der Waals surface area contributed by atoms with Gasteiger partial charge >= 0.3 is 0 Å². The zero-order valence-electron chi connectivity index (χ0n) is 59.3. The van der Waals surface area contributed by atoms with Gasteiger partial charge in [-0.2, -0.15) is 0 Å². The SMILES string of the molecule is [2H]c1nc(-c2cc(-c3ccccc3)cc(-c3cccc4c3nc(-c3cc(C(C)(C)C)cc(C(C)(C)C)c3O)n4-c3ccc(C([2H])([2H])[2H])cc3-c3ccc(C(C)(C)C)cc3)c2)c([2H])c(-c2c([2H])c([2H])c(C(C([2H])([2H])[2H])(C([2H])([2H])[2H])C([2H])([2H])[2H])c([2H])c2[2H])c1[2H]. The molecule has 69 heavy (non-hydrogen) atoms. The number of nitrogens with zero attached hydrogens (tertiary/aromatic N) is 3. The maximum absolute atomic E-state index is 12.7. The largest absolute Gasteiger partial charge is 0.507 e. The van der Waals surface area contributed by atoms with Gasteiger partial charge in [-0.3, -0.25) is 9.55 Å². The van der Waals surface area contributed by atoms with E-state index in [9.17, 15) is 9.22 Å². The molecule has 2 aromatic heterocycles. The van der Waals surface area contributed by atoms with Crippen LogP contribution in [0.25, 0.3) is 83.9 Å². The van der Waals surface area contributed by atoms with Crippen molar-refractivity contribution in [1.29, 1.82) is 0 Å². The predicted octanol–water partition coefficient (Wildman–Crippen LogP) is 17.6. The Balaban J connectivity index is 1.38. The Bertz CT molecular complexity index is 4170. The summed E-state index contributed by atoms with van der Waals surface area (Å²) in [5, 5.41) is 12.7. The molecule has 9 rings (SSSR count). The summed E-state index contributed by atoms with van der Waals surface area (Å²) in [5.41, 5.74) is 0.0124. The highest BCUT2D eigenvalue weighted by Gasteiger charge is 2.29. The van der Waals surface area contributed by atoms with Crippen molar-refractivity contribution >= 4 is 11.0 Å². The smallest absolute Gasteiger partial charge is 0.149 e. The van der Waals surface area contributed by atoms with Crippen LogP contribution < -0.4 is 0 Å². The fourth-order valence-electron chi connectivity index (χ4n) is 8.60. The lowest BCUT2D eigenvalue weighted by Crippen LogP contribution is -2.17. The van der Waals surface area contributed by atoms with Gasteiger partial charge in [-0.15, -0.1) is 0 Å². The van der Waals surface area contributed by atoms with Crippen molar-refractivity contribution in [2.45, 2.75) is 111 Å². The molecule has 4 nitrogen and oxygen atoms in total. The lowest BCUT2D eigenvalue weighted by molar-refractivity contribution is 0.446. The minimum Gasteiger partial charge on any atom is -0.507 e. The molecule has 0 amide bonds. The van der Waals surface area contributed by atoms with Gasteiger partial charge in [0.1, 0.15) is 11.6 Å². The molecule has 0 radical (unpaired) electrons. The molecule has 2 heterocycles. The third-order valence-corrected chi connectivity index (χ3v) is 12.5. The molecule has 1 N–H and O–H groups in total. The molecule has 0 aliphatic heterocycles. The highest BCUT2D eigenvalue weighted by atomic mass is 16.3. The van der Waals surface area contributed by atoms with E-state index in [4.69, 9.17) is 26.9 Å². The monoisotopic (exact) mass is 925 g/mol. The zero-order chi connectivity index (χ0) is 65.3. The van der Waals surface area contributed by atoms with Gasteiger partial charge in [-0.05, 0) is 133 Å². The van der Waals surface area contributed by atoms with Crippen LogP contribution >= 0.6 is 0 Å². The molecule has 9 aromatic rings. The van der Waals surface area contributed by atoms with Crippen LogP contribution in [-0.4, -0.2) is 19.6 Å². The van der Waals surface area contributed by atoms with E-state index in [1.807, 2.05) is 116 Å². The summed E-state index contributed by atoms with van der Waals surface area (Å²) in [6.07, 6.45) is -0.777. The van der Waals surface area contributed by atoms with E-state index >= 15 is 0 Å². The molecule has 0 atom stereocenters. The van der Waals surface area contributed by atoms with E-state index in [2.05, 4.69) is 46.5 Å². The highest BCUT2D eigenvalue weighted by Crippen LogP contribution is 2.46. The second-order valence-corrected chi connectivity index (χ2v) is 20.8. The number of phenols is 1. The predicted molar refractivity (Wildman–Crippen MR) is 293 cm³/mol. The van der Waals surface area contributed by atoms with E-state index in [-0.39, 0.29) is 28.0 Å². The number of rotatable bonds is 7. The van der Waals surface area contributed by atoms with E-state index in [0.717, 1.165) is 11.1 Å². The van der Waals surface area contributed by atoms with E-state index in [1.165, 1.54) is 0 Å². The van der Waals surface area contributed by atoms with Crippen molar-refractivity contribution in [1.82, 2.24) is 14.5 Å². The minimum absolute atomic E-state index is 0.0152. The molecule has 0 spiro atoms. The number of fused-ring (bicyclic) bond motifs is 1. The Morgan fingerprint density at radius 3 is 1.87 bits per heavy atom. The minimum atomic E-state index is -3.95. The van der Waals surface area contributed by atoms with Gasteiger partial charge in [0.2, 0.25) is 0 Å². The van der Waals surface area contributed by atoms with Crippen molar-refractivity contribution in [3.63, 3.8) is 0 Å². The Morgan fingerprint density at radius 2 is 1.20 bits per heavy atom. The molecule has 0 bridgehead atoms. The summed E-state index contributed by atoms with van der Waals surface area (Å²) in [6.45, 7) is 4.21. The van der Waals surface area contributed by atoms with Gasteiger partial charge in [0.05, 0.1) is 37.6 Å². The average Bonchev–Trinajstić information content (AvgIpc) is 0.867. The molecular weight excluding hydrogens is 839 g/mol. The molecule has 0 saturated carbocycles. The molecule has 4 heteroatoms. The number of phenolic OH excluding ortho intramolecular Hbond substituents is 1. The first-order valence-corrected chi connectivity index (χ1v) is 22.9. The van der Waals surface area contributed by atoms with Gasteiger partial charge in [0, 0.05) is 44.9 Å². The summed E-state index contributed by atoms with van der Waals surface area (Å²) in [4.78, 5) is 9.93. The molecule has 0 unspecified atom stereocenters. The van der Waals surface area contributed by atoms with E-state index < -0.39 is 103 Å². The molecular formula is C65H67N3O. The standard InChI is InChI=1S/C65H67N3O/c1-41-22-31-57(53(34-41)44-25-29-50(30-26-44)63(5,6)7)68-58-21-17-20-52(59(58)67-61(68)54-39-51(64(8,9)10)40-55(60(54)69)65(11,12)13)47-35-46(42-18-15-14-16-19-42)36-48(37-47)56-38-45(32-33-66-56)43-23-27-49(28-24-43)62(2,3)4/h14-40,69H,1-13H3/i1D3,2D3,3D3,4D3,23D,24D,27D,28D,32D,33D,38D. The fourth-order valence-corrected chi connectivity index (χ4v) is 8.60. The van der Waals surface area contributed by atoms with Crippen LogP contribution in [0.5, 0.6) is 5.75 Å².